The van der Waals surface area contributed by atoms with Crippen LogP contribution < -0.4 is 10.6 Å². The van der Waals surface area contributed by atoms with Crippen LogP contribution in [0.3, 0.4) is 0 Å². The number of hydrogen-bond donors (Lipinski definition) is 1. The minimum absolute atomic E-state index is 0.170. The van der Waals surface area contributed by atoms with Gasteiger partial charge in [-0.15, -0.1) is 0 Å². The Morgan fingerprint density at radius 3 is 2.53 bits per heavy atom. The molecule has 0 saturated carbocycles. The van der Waals surface area contributed by atoms with Crippen molar-refractivity contribution in [1.29, 1.82) is 0 Å². The van der Waals surface area contributed by atoms with Crippen molar-refractivity contribution in [2.24, 2.45) is 5.73 Å². The summed E-state index contributed by atoms with van der Waals surface area (Å²) in [5.74, 6) is -0.227. The monoisotopic (exact) mass is 238 g/mol. The number of hydrogen-bond acceptors (Lipinski definition) is 3. The number of nitrogens with zero attached hydrogens (tertiary/aromatic N) is 1. The molecule has 1 saturated heterocycles. The Labute approximate surface area is 101 Å². The van der Waals surface area contributed by atoms with Gasteiger partial charge in [-0.05, 0) is 37.6 Å². The molecule has 3 nitrogen and oxygen atoms in total. The third-order valence-corrected chi connectivity index (χ3v) is 2.96. The van der Waals surface area contributed by atoms with Crippen LogP contribution in [-0.4, -0.2) is 25.3 Å². The Kier molecular flexibility index (Phi) is 3.64. The lowest BCUT2D eigenvalue weighted by molar-refractivity contribution is -0.00523. The Bertz CT molecular complexity index is 387. The van der Waals surface area contributed by atoms with E-state index in [1.165, 1.54) is 6.07 Å². The second-order valence-electron chi connectivity index (χ2n) is 4.68. The van der Waals surface area contributed by atoms with Crippen LogP contribution in [0.5, 0.6) is 0 Å². The quantitative estimate of drug-likeness (QED) is 0.855. The molecule has 1 fully saturated rings. The molecule has 1 aliphatic rings. The smallest absolute Gasteiger partial charge is 0.125 e. The second kappa shape index (κ2) is 5.02. The molecule has 2 N–H and O–H groups in total. The van der Waals surface area contributed by atoms with Crippen molar-refractivity contribution in [1.82, 2.24) is 0 Å². The van der Waals surface area contributed by atoms with Gasteiger partial charge < -0.3 is 15.4 Å². The molecule has 1 aliphatic heterocycles. The zero-order chi connectivity index (χ0) is 12.4. The lowest BCUT2D eigenvalue weighted by atomic mass is 10.1. The van der Waals surface area contributed by atoms with Gasteiger partial charge >= 0.3 is 0 Å². The van der Waals surface area contributed by atoms with Gasteiger partial charge in [0.15, 0.2) is 0 Å². The standard InChI is InChI=1S/C13H19FN2O/c1-9-7-16(8-10(2)17-9)13-4-11(6-15)3-12(14)5-13/h3-5,9-10H,6-8,15H2,1-2H3. The van der Waals surface area contributed by atoms with Crippen molar-refractivity contribution in [2.45, 2.75) is 32.6 Å². The van der Waals surface area contributed by atoms with Crippen LogP contribution in [0.25, 0.3) is 0 Å². The van der Waals surface area contributed by atoms with E-state index in [1.807, 2.05) is 19.9 Å². The van der Waals surface area contributed by atoms with Gasteiger partial charge in [0.05, 0.1) is 12.2 Å². The molecule has 1 aromatic carbocycles. The van der Waals surface area contributed by atoms with Crippen molar-refractivity contribution in [3.63, 3.8) is 0 Å². The summed E-state index contributed by atoms with van der Waals surface area (Å²) in [4.78, 5) is 2.15. The molecule has 2 rings (SSSR count). The highest BCUT2D eigenvalue weighted by Crippen LogP contribution is 2.22. The molecule has 1 aromatic rings. The average molecular weight is 238 g/mol. The van der Waals surface area contributed by atoms with E-state index < -0.39 is 0 Å². The van der Waals surface area contributed by atoms with E-state index in [2.05, 4.69) is 4.90 Å². The summed E-state index contributed by atoms with van der Waals surface area (Å²) >= 11 is 0. The maximum atomic E-state index is 13.5. The van der Waals surface area contributed by atoms with E-state index in [4.69, 9.17) is 10.5 Å². The number of anilines is 1. The molecular weight excluding hydrogens is 219 g/mol. The van der Waals surface area contributed by atoms with E-state index in [1.54, 1.807) is 6.07 Å². The molecule has 94 valence electrons. The van der Waals surface area contributed by atoms with Crippen LogP contribution in [-0.2, 0) is 11.3 Å². The van der Waals surface area contributed by atoms with Gasteiger partial charge in [0, 0.05) is 25.3 Å². The van der Waals surface area contributed by atoms with E-state index in [0.29, 0.717) is 6.54 Å². The highest BCUT2D eigenvalue weighted by Gasteiger charge is 2.22. The Morgan fingerprint density at radius 1 is 1.29 bits per heavy atom. The minimum Gasteiger partial charge on any atom is -0.372 e. The van der Waals surface area contributed by atoms with Crippen LogP contribution in [0.15, 0.2) is 18.2 Å². The van der Waals surface area contributed by atoms with Gasteiger partial charge in [-0.3, -0.25) is 0 Å². The third-order valence-electron chi connectivity index (χ3n) is 2.96. The van der Waals surface area contributed by atoms with E-state index in [0.717, 1.165) is 24.3 Å². The maximum Gasteiger partial charge on any atom is 0.125 e. The molecule has 0 aliphatic carbocycles. The third kappa shape index (κ3) is 2.96. The van der Waals surface area contributed by atoms with Crippen LogP contribution in [0, 0.1) is 5.82 Å². The Morgan fingerprint density at radius 2 is 1.94 bits per heavy atom. The fourth-order valence-corrected chi connectivity index (χ4v) is 2.32. The van der Waals surface area contributed by atoms with Crippen LogP contribution in [0.1, 0.15) is 19.4 Å². The number of rotatable bonds is 2. The predicted molar refractivity (Wildman–Crippen MR) is 66.5 cm³/mol. The molecule has 0 radical (unpaired) electrons. The van der Waals surface area contributed by atoms with Gasteiger partial charge in [0.25, 0.3) is 0 Å². The Balaban J connectivity index is 2.23. The Hall–Kier alpha value is -1.13. The van der Waals surface area contributed by atoms with Crippen molar-refractivity contribution in [2.75, 3.05) is 18.0 Å². The highest BCUT2D eigenvalue weighted by molar-refractivity contribution is 5.49. The number of benzene rings is 1. The van der Waals surface area contributed by atoms with Gasteiger partial charge in [-0.2, -0.15) is 0 Å². The molecular formula is C13H19FN2O. The summed E-state index contributed by atoms with van der Waals surface area (Å²) in [6.07, 6.45) is 0.340. The molecule has 2 atom stereocenters. The molecule has 4 heteroatoms. The van der Waals surface area contributed by atoms with Crippen molar-refractivity contribution in [3.8, 4) is 0 Å². The molecule has 17 heavy (non-hydrogen) atoms. The largest absolute Gasteiger partial charge is 0.372 e. The first-order valence-electron chi connectivity index (χ1n) is 5.98. The van der Waals surface area contributed by atoms with Gasteiger partial charge in [0.2, 0.25) is 0 Å². The summed E-state index contributed by atoms with van der Waals surface area (Å²) < 4.78 is 19.1. The minimum atomic E-state index is -0.227. The molecule has 1 heterocycles. The van der Waals surface area contributed by atoms with E-state index in [-0.39, 0.29) is 18.0 Å². The number of ether oxygens (including phenoxy) is 1. The SMILES string of the molecule is CC1CN(c2cc(F)cc(CN)c2)CC(C)O1. The molecule has 0 amide bonds. The lowest BCUT2D eigenvalue weighted by Crippen LogP contribution is -2.45. The second-order valence-corrected chi connectivity index (χ2v) is 4.68. The first-order chi connectivity index (χ1) is 8.08. The van der Waals surface area contributed by atoms with Gasteiger partial charge in [-0.25, -0.2) is 4.39 Å². The van der Waals surface area contributed by atoms with Gasteiger partial charge in [-0.1, -0.05) is 0 Å². The number of nitrogens with two attached hydrogens (primary N) is 1. The number of halogens is 1. The molecule has 0 bridgehead atoms. The highest BCUT2D eigenvalue weighted by atomic mass is 19.1. The molecule has 0 spiro atoms. The van der Waals surface area contributed by atoms with Crippen LogP contribution in [0.2, 0.25) is 0 Å². The van der Waals surface area contributed by atoms with E-state index >= 15 is 0 Å². The fraction of sp³-hybridized carbons (Fsp3) is 0.538. The maximum absolute atomic E-state index is 13.5. The van der Waals surface area contributed by atoms with E-state index in [9.17, 15) is 4.39 Å². The lowest BCUT2D eigenvalue weighted by Gasteiger charge is -2.37. The summed E-state index contributed by atoms with van der Waals surface area (Å²) in [5.41, 5.74) is 7.28. The first kappa shape index (κ1) is 12.3. The molecule has 0 aromatic heterocycles. The topological polar surface area (TPSA) is 38.5 Å². The van der Waals surface area contributed by atoms with Crippen molar-refractivity contribution in [3.05, 3.63) is 29.6 Å². The summed E-state index contributed by atoms with van der Waals surface area (Å²) in [6.45, 7) is 6.01. The summed E-state index contributed by atoms with van der Waals surface area (Å²) in [6, 6.07) is 4.99. The van der Waals surface area contributed by atoms with Crippen molar-refractivity contribution >= 4 is 5.69 Å². The van der Waals surface area contributed by atoms with Crippen LogP contribution in [0.4, 0.5) is 10.1 Å². The van der Waals surface area contributed by atoms with Crippen molar-refractivity contribution < 1.29 is 9.13 Å². The molecule has 2 unspecified atom stereocenters. The average Bonchev–Trinajstić information content (AvgIpc) is 2.26. The first-order valence-corrected chi connectivity index (χ1v) is 5.98. The summed E-state index contributed by atoms with van der Waals surface area (Å²) in [5, 5.41) is 0. The predicted octanol–water partition coefficient (Wildman–Crippen LogP) is 1.90. The summed E-state index contributed by atoms with van der Waals surface area (Å²) in [7, 11) is 0. The zero-order valence-corrected chi connectivity index (χ0v) is 10.3. The normalized spacial score (nSPS) is 25.1. The van der Waals surface area contributed by atoms with Gasteiger partial charge in [0.1, 0.15) is 5.82 Å². The number of morpholine rings is 1. The fourth-order valence-electron chi connectivity index (χ4n) is 2.32. The zero-order valence-electron chi connectivity index (χ0n) is 10.3. The van der Waals surface area contributed by atoms with Crippen LogP contribution >= 0.6 is 0 Å².